The Kier molecular flexibility index (Phi) is 2.66. The molecule has 2 nitrogen and oxygen atoms in total. The largest absolute Gasteiger partial charge is 0.369 e. The summed E-state index contributed by atoms with van der Waals surface area (Å²) in [7, 11) is 0. The van der Waals surface area contributed by atoms with Gasteiger partial charge in [0.1, 0.15) is 0 Å². The van der Waals surface area contributed by atoms with E-state index in [4.69, 9.17) is 5.73 Å². The molecule has 0 heterocycles. The van der Waals surface area contributed by atoms with Crippen LogP contribution in [0.25, 0.3) is 0 Å². The van der Waals surface area contributed by atoms with Gasteiger partial charge in [0.15, 0.2) is 0 Å². The molecule has 3 saturated carbocycles. The number of carbonyl (C=O) groups excluding carboxylic acids is 1. The van der Waals surface area contributed by atoms with E-state index in [1.54, 1.807) is 0 Å². The molecule has 0 radical (unpaired) electrons. The molecule has 0 spiro atoms. The molecule has 1 amide bonds. The SMILES string of the molecule is CC1(C)C2(C(N)=O)CCC1(C(Br)Br)[C@H]2Br. The van der Waals surface area contributed by atoms with Gasteiger partial charge in [0.05, 0.1) is 9.15 Å². The van der Waals surface area contributed by atoms with Gasteiger partial charge in [0.25, 0.3) is 0 Å². The first-order chi connectivity index (χ1) is 6.75. The molecule has 2 N–H and O–H groups in total. The van der Waals surface area contributed by atoms with Crippen LogP contribution in [0.15, 0.2) is 0 Å². The van der Waals surface area contributed by atoms with Crippen LogP contribution in [0.5, 0.6) is 0 Å². The first-order valence-corrected chi connectivity index (χ1v) is 7.72. The molecule has 5 heteroatoms. The van der Waals surface area contributed by atoms with E-state index in [0.717, 1.165) is 12.8 Å². The molecular formula is C10H14Br3NO. The van der Waals surface area contributed by atoms with Crippen molar-refractivity contribution in [3.05, 3.63) is 0 Å². The smallest absolute Gasteiger partial charge is 0.225 e. The second-order valence-corrected chi connectivity index (χ2v) is 9.14. The maximum absolute atomic E-state index is 11.7. The zero-order valence-corrected chi connectivity index (χ0v) is 13.4. The van der Waals surface area contributed by atoms with E-state index in [2.05, 4.69) is 61.6 Å². The fraction of sp³-hybridized carbons (Fsp3) is 0.900. The number of fused-ring (bicyclic) bond motifs is 1. The Hall–Kier alpha value is 0.910. The van der Waals surface area contributed by atoms with Gasteiger partial charge in [0.2, 0.25) is 5.91 Å². The van der Waals surface area contributed by atoms with Crippen LogP contribution in [0.4, 0.5) is 0 Å². The lowest BCUT2D eigenvalue weighted by molar-refractivity contribution is -0.158. The maximum atomic E-state index is 11.7. The van der Waals surface area contributed by atoms with Crippen molar-refractivity contribution in [2.24, 2.45) is 22.0 Å². The van der Waals surface area contributed by atoms with Crippen LogP contribution in [0.3, 0.4) is 0 Å². The summed E-state index contributed by atoms with van der Waals surface area (Å²) in [5.41, 5.74) is 5.25. The van der Waals surface area contributed by atoms with Crippen LogP contribution < -0.4 is 5.73 Å². The monoisotopic (exact) mass is 401 g/mol. The molecule has 0 aliphatic heterocycles. The molecule has 0 saturated heterocycles. The topological polar surface area (TPSA) is 43.1 Å². The summed E-state index contributed by atoms with van der Waals surface area (Å²) in [5.74, 6) is -0.164. The molecule has 3 aliphatic carbocycles. The van der Waals surface area contributed by atoms with Gasteiger partial charge in [-0.1, -0.05) is 61.6 Å². The molecule has 3 rings (SSSR count). The van der Waals surface area contributed by atoms with Gasteiger partial charge in [-0.15, -0.1) is 0 Å². The Bertz CT molecular complexity index is 331. The fourth-order valence-corrected chi connectivity index (χ4v) is 8.67. The second-order valence-electron chi connectivity index (χ2n) is 5.16. The van der Waals surface area contributed by atoms with Gasteiger partial charge in [0, 0.05) is 10.2 Å². The minimum Gasteiger partial charge on any atom is -0.369 e. The minimum atomic E-state index is -0.368. The van der Waals surface area contributed by atoms with E-state index in [0.29, 0.717) is 0 Å². The molecular weight excluding hydrogens is 390 g/mol. The summed E-state index contributed by atoms with van der Waals surface area (Å²) in [6, 6.07) is 0. The third-order valence-electron chi connectivity index (χ3n) is 4.93. The predicted octanol–water partition coefficient (Wildman–Crippen LogP) is 3.16. The highest BCUT2D eigenvalue weighted by molar-refractivity contribution is 9.24. The Labute approximate surface area is 115 Å². The summed E-state index contributed by atoms with van der Waals surface area (Å²) in [5, 5.41) is 0. The van der Waals surface area contributed by atoms with Crippen molar-refractivity contribution in [2.45, 2.75) is 35.3 Å². The van der Waals surface area contributed by atoms with E-state index in [1.807, 2.05) is 0 Å². The highest BCUT2D eigenvalue weighted by Crippen LogP contribution is 2.82. The summed E-state index contributed by atoms with van der Waals surface area (Å²) in [6.45, 7) is 4.30. The molecule has 3 atom stereocenters. The summed E-state index contributed by atoms with van der Waals surface area (Å²) >= 11 is 10.9. The Morgan fingerprint density at radius 1 is 1.40 bits per heavy atom. The molecule has 3 aliphatic rings. The number of amides is 1. The predicted molar refractivity (Wildman–Crippen MR) is 71.4 cm³/mol. The van der Waals surface area contributed by atoms with E-state index in [1.165, 1.54) is 0 Å². The van der Waals surface area contributed by atoms with Gasteiger partial charge in [-0.3, -0.25) is 4.79 Å². The van der Waals surface area contributed by atoms with E-state index in [-0.39, 0.29) is 30.7 Å². The van der Waals surface area contributed by atoms with Crippen molar-refractivity contribution in [3.63, 3.8) is 0 Å². The number of hydrogen-bond donors (Lipinski definition) is 1. The zero-order chi connectivity index (χ0) is 11.6. The van der Waals surface area contributed by atoms with Gasteiger partial charge in [-0.2, -0.15) is 0 Å². The molecule has 0 aromatic heterocycles. The highest BCUT2D eigenvalue weighted by Gasteiger charge is 2.82. The van der Waals surface area contributed by atoms with Gasteiger partial charge in [-0.05, 0) is 18.3 Å². The zero-order valence-electron chi connectivity index (χ0n) is 8.69. The van der Waals surface area contributed by atoms with E-state index >= 15 is 0 Å². The van der Waals surface area contributed by atoms with Gasteiger partial charge >= 0.3 is 0 Å². The van der Waals surface area contributed by atoms with Crippen molar-refractivity contribution in [2.75, 3.05) is 0 Å². The standard InChI is InChI=1S/C10H14Br3NO/c1-8(2)9(6(12)13)3-4-10(8,5(9)11)7(14)15/h5-6H,3-4H2,1-2H3,(H2,14,15)/t5-,9?,10?/m1/s1. The van der Waals surface area contributed by atoms with Crippen molar-refractivity contribution in [1.82, 2.24) is 0 Å². The Balaban J connectivity index is 2.50. The normalized spacial score (nSPS) is 46.7. The molecule has 3 fully saturated rings. The molecule has 0 aromatic carbocycles. The molecule has 2 bridgehead atoms. The fourth-order valence-electron chi connectivity index (χ4n) is 3.74. The summed E-state index contributed by atoms with van der Waals surface area (Å²) in [4.78, 5) is 11.9. The van der Waals surface area contributed by atoms with Gasteiger partial charge < -0.3 is 5.73 Å². The minimum absolute atomic E-state index is 0.0579. The van der Waals surface area contributed by atoms with Crippen molar-refractivity contribution in [3.8, 4) is 0 Å². The summed E-state index contributed by atoms with van der Waals surface area (Å²) in [6.07, 6.45) is 1.92. The molecule has 15 heavy (non-hydrogen) atoms. The van der Waals surface area contributed by atoms with Crippen LogP contribution in [0.2, 0.25) is 0 Å². The number of nitrogens with two attached hydrogens (primary N) is 1. The number of alkyl halides is 3. The number of halogens is 3. The van der Waals surface area contributed by atoms with Crippen LogP contribution >= 0.6 is 47.8 Å². The quantitative estimate of drug-likeness (QED) is 0.707. The Morgan fingerprint density at radius 2 is 1.93 bits per heavy atom. The average Bonchev–Trinajstić information content (AvgIpc) is 2.53. The van der Waals surface area contributed by atoms with Crippen molar-refractivity contribution in [1.29, 1.82) is 0 Å². The molecule has 86 valence electrons. The summed E-state index contributed by atoms with van der Waals surface area (Å²) < 4.78 is 0.215. The van der Waals surface area contributed by atoms with E-state index in [9.17, 15) is 4.79 Å². The first kappa shape index (κ1) is 12.4. The molecule has 0 aromatic rings. The van der Waals surface area contributed by atoms with Crippen molar-refractivity contribution < 1.29 is 4.79 Å². The van der Waals surface area contributed by atoms with Crippen molar-refractivity contribution >= 4 is 53.7 Å². The maximum Gasteiger partial charge on any atom is 0.225 e. The number of carbonyl (C=O) groups is 1. The third-order valence-corrected chi connectivity index (χ3v) is 8.16. The van der Waals surface area contributed by atoms with Gasteiger partial charge in [-0.25, -0.2) is 0 Å². The Morgan fingerprint density at radius 3 is 2.13 bits per heavy atom. The lowest BCUT2D eigenvalue weighted by Crippen LogP contribution is -2.71. The second kappa shape index (κ2) is 3.22. The third kappa shape index (κ3) is 0.998. The van der Waals surface area contributed by atoms with Crippen LogP contribution in [0.1, 0.15) is 26.7 Å². The molecule has 2 unspecified atom stereocenters. The van der Waals surface area contributed by atoms with Crippen LogP contribution in [0, 0.1) is 16.2 Å². The lowest BCUT2D eigenvalue weighted by Gasteiger charge is -2.65. The number of rotatable bonds is 2. The lowest BCUT2D eigenvalue weighted by atomic mass is 9.43. The average molecular weight is 404 g/mol. The number of primary amides is 1. The number of hydrogen-bond acceptors (Lipinski definition) is 1. The highest BCUT2D eigenvalue weighted by atomic mass is 79.9. The first-order valence-electron chi connectivity index (χ1n) is 4.97. The van der Waals surface area contributed by atoms with E-state index < -0.39 is 0 Å². The van der Waals surface area contributed by atoms with Crippen LogP contribution in [-0.2, 0) is 4.79 Å². The van der Waals surface area contributed by atoms with Crippen LogP contribution in [-0.4, -0.2) is 14.5 Å².